The highest BCUT2D eigenvalue weighted by molar-refractivity contribution is 7.89. The molecule has 0 radical (unpaired) electrons. The van der Waals surface area contributed by atoms with Gasteiger partial charge >= 0.3 is 0 Å². The van der Waals surface area contributed by atoms with E-state index >= 15 is 0 Å². The van der Waals surface area contributed by atoms with Crippen molar-refractivity contribution in [1.29, 1.82) is 5.26 Å². The summed E-state index contributed by atoms with van der Waals surface area (Å²) in [7, 11) is -3.52. The minimum atomic E-state index is -3.52. The summed E-state index contributed by atoms with van der Waals surface area (Å²) < 4.78 is 38.7. The molecule has 0 spiro atoms. The molecule has 1 aromatic carbocycles. The van der Waals surface area contributed by atoms with Gasteiger partial charge in [0.1, 0.15) is 6.07 Å². The Balaban J connectivity index is 1.39. The molecular weight excluding hydrogens is 442 g/mol. The smallest absolute Gasteiger partial charge is 0.243 e. The van der Waals surface area contributed by atoms with Crippen molar-refractivity contribution in [2.24, 2.45) is 5.92 Å². The maximum Gasteiger partial charge on any atom is 0.243 e. The highest BCUT2D eigenvalue weighted by Gasteiger charge is 2.28. The van der Waals surface area contributed by atoms with Gasteiger partial charge in [0.05, 0.1) is 18.1 Å². The van der Waals surface area contributed by atoms with Crippen LogP contribution in [0.2, 0.25) is 0 Å². The number of piperidine rings is 1. The molecule has 10 heteroatoms. The normalized spacial score (nSPS) is 20.4. The number of ether oxygens (including phenoxy) is 1. The highest BCUT2D eigenvalue weighted by Crippen LogP contribution is 2.28. The molecule has 0 unspecified atom stereocenters. The number of benzene rings is 1. The molecule has 1 N–H and O–H groups in total. The lowest BCUT2D eigenvalue weighted by atomic mass is 10.0. The van der Waals surface area contributed by atoms with Crippen LogP contribution in [0.5, 0.6) is 0 Å². The van der Waals surface area contributed by atoms with E-state index in [0.717, 1.165) is 52.1 Å². The van der Waals surface area contributed by atoms with Crippen LogP contribution >= 0.6 is 0 Å². The summed E-state index contributed by atoms with van der Waals surface area (Å²) in [5, 5.41) is 12.6. The highest BCUT2D eigenvalue weighted by atomic mass is 32.2. The molecule has 1 aromatic heterocycles. The fraction of sp³-hybridized carbons (Fsp3) is 0.565. The zero-order valence-electron chi connectivity index (χ0n) is 19.0. The standard InChI is InChI=1S/C23H31N5O4S/c1-18-4-2-11-28(17-18)33(29,30)20-7-5-19(6-8-20)22-26-21(16-24)23(32-22)25-9-3-10-27-12-14-31-15-13-27/h5-8,18,25H,2-4,9-15,17H2,1H3/t18-/m0/s1. The third-order valence-corrected chi connectivity index (χ3v) is 8.01. The topological polar surface area (TPSA) is 112 Å². The number of nitriles is 1. The molecule has 0 bridgehead atoms. The Morgan fingerprint density at radius 2 is 1.97 bits per heavy atom. The molecule has 0 saturated carbocycles. The van der Waals surface area contributed by atoms with Crippen LogP contribution in [0.15, 0.2) is 33.6 Å². The van der Waals surface area contributed by atoms with Crippen molar-refractivity contribution < 1.29 is 17.6 Å². The molecule has 2 saturated heterocycles. The van der Waals surface area contributed by atoms with Crippen LogP contribution in [0.3, 0.4) is 0 Å². The second kappa shape index (κ2) is 10.7. The number of hydrogen-bond acceptors (Lipinski definition) is 8. The largest absolute Gasteiger partial charge is 0.419 e. The van der Waals surface area contributed by atoms with Gasteiger partial charge in [-0.2, -0.15) is 14.6 Å². The van der Waals surface area contributed by atoms with Gasteiger partial charge < -0.3 is 14.5 Å². The lowest BCUT2D eigenvalue weighted by Gasteiger charge is -2.30. The monoisotopic (exact) mass is 473 g/mol. The molecule has 1 atom stereocenters. The van der Waals surface area contributed by atoms with Crippen LogP contribution in [0.25, 0.3) is 11.5 Å². The van der Waals surface area contributed by atoms with E-state index in [4.69, 9.17) is 9.15 Å². The summed E-state index contributed by atoms with van der Waals surface area (Å²) >= 11 is 0. The maximum atomic E-state index is 13.0. The lowest BCUT2D eigenvalue weighted by molar-refractivity contribution is 0.0378. The van der Waals surface area contributed by atoms with E-state index in [1.165, 1.54) is 0 Å². The Morgan fingerprint density at radius 1 is 1.21 bits per heavy atom. The quantitative estimate of drug-likeness (QED) is 0.583. The molecule has 3 heterocycles. The number of morpholine rings is 1. The van der Waals surface area contributed by atoms with Gasteiger partial charge in [0.25, 0.3) is 0 Å². The summed E-state index contributed by atoms with van der Waals surface area (Å²) in [5.41, 5.74) is 0.814. The van der Waals surface area contributed by atoms with E-state index < -0.39 is 10.0 Å². The van der Waals surface area contributed by atoms with Crippen molar-refractivity contribution in [2.45, 2.75) is 31.1 Å². The van der Waals surface area contributed by atoms with E-state index in [1.807, 2.05) is 0 Å². The molecule has 2 aromatic rings. The summed E-state index contributed by atoms with van der Waals surface area (Å²) in [4.78, 5) is 6.89. The van der Waals surface area contributed by atoms with Gasteiger partial charge in [-0.15, -0.1) is 0 Å². The predicted molar refractivity (Wildman–Crippen MR) is 124 cm³/mol. The van der Waals surface area contributed by atoms with E-state index in [1.54, 1.807) is 28.6 Å². The summed E-state index contributed by atoms with van der Waals surface area (Å²) in [6.45, 7) is 8.22. The number of hydrogen-bond donors (Lipinski definition) is 1. The number of nitrogens with one attached hydrogen (secondary N) is 1. The van der Waals surface area contributed by atoms with E-state index in [-0.39, 0.29) is 16.5 Å². The number of oxazole rings is 1. The van der Waals surface area contributed by atoms with Crippen LogP contribution in [-0.4, -0.2) is 75.1 Å². The van der Waals surface area contributed by atoms with Gasteiger partial charge in [-0.3, -0.25) is 4.90 Å². The summed E-state index contributed by atoms with van der Waals surface area (Å²) in [5.74, 6) is 0.996. The fourth-order valence-corrected chi connectivity index (χ4v) is 5.85. The Labute approximate surface area is 195 Å². The van der Waals surface area contributed by atoms with Crippen molar-refractivity contribution in [1.82, 2.24) is 14.2 Å². The first-order valence-corrected chi connectivity index (χ1v) is 13.0. The third kappa shape index (κ3) is 5.73. The van der Waals surface area contributed by atoms with Gasteiger partial charge in [-0.05, 0) is 56.0 Å². The van der Waals surface area contributed by atoms with Crippen LogP contribution in [-0.2, 0) is 14.8 Å². The Kier molecular flexibility index (Phi) is 7.65. The molecule has 0 aliphatic carbocycles. The van der Waals surface area contributed by atoms with Crippen LogP contribution in [0.1, 0.15) is 31.9 Å². The molecule has 4 rings (SSSR count). The van der Waals surface area contributed by atoms with Gasteiger partial charge in [0.15, 0.2) is 0 Å². The Hall–Kier alpha value is -2.45. The van der Waals surface area contributed by atoms with E-state index in [2.05, 4.69) is 28.2 Å². The van der Waals surface area contributed by atoms with Crippen molar-refractivity contribution in [3.05, 3.63) is 30.0 Å². The summed E-state index contributed by atoms with van der Waals surface area (Å²) in [6.07, 6.45) is 2.84. The molecule has 2 fully saturated rings. The number of nitrogens with zero attached hydrogens (tertiary/aromatic N) is 4. The number of rotatable bonds is 8. The molecule has 33 heavy (non-hydrogen) atoms. The van der Waals surface area contributed by atoms with Crippen LogP contribution in [0.4, 0.5) is 5.88 Å². The van der Waals surface area contributed by atoms with Gasteiger partial charge in [0.2, 0.25) is 27.5 Å². The Morgan fingerprint density at radius 3 is 2.67 bits per heavy atom. The van der Waals surface area contributed by atoms with E-state index in [0.29, 0.717) is 37.0 Å². The first-order valence-electron chi connectivity index (χ1n) is 11.5. The number of sulfonamides is 1. The van der Waals surface area contributed by atoms with Crippen molar-refractivity contribution >= 4 is 15.9 Å². The average molecular weight is 474 g/mol. The SMILES string of the molecule is C[C@H]1CCCN(S(=O)(=O)c2ccc(-c3nc(C#N)c(NCCCN4CCOCC4)o3)cc2)C1. The molecule has 178 valence electrons. The van der Waals surface area contributed by atoms with Gasteiger partial charge in [0, 0.05) is 38.3 Å². The first-order chi connectivity index (χ1) is 16.0. The minimum Gasteiger partial charge on any atom is -0.419 e. The Bertz CT molecular complexity index is 1070. The number of aromatic nitrogens is 1. The van der Waals surface area contributed by atoms with Crippen molar-refractivity contribution in [2.75, 3.05) is 57.8 Å². The first kappa shape index (κ1) is 23.7. The van der Waals surface area contributed by atoms with Crippen LogP contribution < -0.4 is 5.32 Å². The second-order valence-corrected chi connectivity index (χ2v) is 10.6. The molecule has 9 nitrogen and oxygen atoms in total. The van der Waals surface area contributed by atoms with Crippen molar-refractivity contribution in [3.8, 4) is 17.5 Å². The van der Waals surface area contributed by atoms with Crippen LogP contribution in [0, 0.1) is 17.2 Å². The zero-order chi connectivity index (χ0) is 23.3. The maximum absolute atomic E-state index is 13.0. The molecule has 2 aliphatic rings. The zero-order valence-corrected chi connectivity index (χ0v) is 19.8. The van der Waals surface area contributed by atoms with Gasteiger partial charge in [-0.25, -0.2) is 8.42 Å². The predicted octanol–water partition coefficient (Wildman–Crippen LogP) is 2.77. The number of anilines is 1. The molecule has 2 aliphatic heterocycles. The third-order valence-electron chi connectivity index (χ3n) is 6.13. The average Bonchev–Trinajstić information content (AvgIpc) is 3.26. The fourth-order valence-electron chi connectivity index (χ4n) is 4.25. The molecular formula is C23H31N5O4S. The van der Waals surface area contributed by atoms with Crippen molar-refractivity contribution in [3.63, 3.8) is 0 Å². The lowest BCUT2D eigenvalue weighted by Crippen LogP contribution is -2.39. The second-order valence-electron chi connectivity index (χ2n) is 8.68. The minimum absolute atomic E-state index is 0.190. The van der Waals surface area contributed by atoms with E-state index in [9.17, 15) is 13.7 Å². The summed E-state index contributed by atoms with van der Waals surface area (Å²) in [6, 6.07) is 8.57. The van der Waals surface area contributed by atoms with Gasteiger partial charge in [-0.1, -0.05) is 6.92 Å². The molecule has 0 amide bonds.